The molecule has 3 saturated heterocycles. The first-order valence-corrected chi connectivity index (χ1v) is 46.1. The van der Waals surface area contributed by atoms with Gasteiger partial charge in [0.05, 0.1) is 38.6 Å². The fourth-order valence-corrected chi connectivity index (χ4v) is 15.9. The largest absolute Gasteiger partial charge is 0.394 e. The molecule has 3 heterocycles. The lowest BCUT2D eigenvalue weighted by atomic mass is 9.96. The number of allylic oxidation sites excluding steroid dienone is 4. The van der Waals surface area contributed by atoms with E-state index in [9.17, 15) is 61.0 Å². The molecule has 0 aromatic heterocycles. The van der Waals surface area contributed by atoms with Gasteiger partial charge in [0, 0.05) is 6.42 Å². The van der Waals surface area contributed by atoms with Gasteiger partial charge < -0.3 is 89.9 Å². The Morgan fingerprint density at radius 2 is 0.606 bits per heavy atom. The summed E-state index contributed by atoms with van der Waals surface area (Å²) < 4.78 is 34.6. The predicted molar refractivity (Wildman–Crippen MR) is 439 cm³/mol. The number of aliphatic hydroxyl groups excluding tert-OH is 11. The minimum atomic E-state index is -1.97. The van der Waals surface area contributed by atoms with Crippen molar-refractivity contribution in [3.05, 3.63) is 24.3 Å². The standard InChI is InChI=1S/C90H171NO18/c1-3-5-7-9-11-13-15-17-19-21-23-25-27-29-31-33-35-36-38-40-42-44-46-48-50-52-54-56-58-60-62-64-66-68-78(96)91-73(74(95)67-65-63-61-59-57-55-53-51-49-47-45-43-41-39-37-34-32-30-28-26-24-22-20-18-16-14-12-10-8-6-4-2)72-104-88-84(102)81(99)86(76(70-93)106-88)109-90-85(103)82(100)87(77(71-94)107-90)108-89-83(101)80(98)79(97)75(69-92)105-89/h15,17,21,23,73-77,79-90,92-95,97-103H,3-14,16,18-20,22,24-72H2,1-2H3,(H,91,96)/b17-15-,23-21-. The summed E-state index contributed by atoms with van der Waals surface area (Å²) in [6.07, 6.45) is 61.5. The van der Waals surface area contributed by atoms with Crippen LogP contribution in [0.25, 0.3) is 0 Å². The third-order valence-corrected chi connectivity index (χ3v) is 23.3. The zero-order valence-electron chi connectivity index (χ0n) is 69.6. The highest BCUT2D eigenvalue weighted by Crippen LogP contribution is 2.34. The first-order valence-electron chi connectivity index (χ1n) is 46.1. The number of carbonyl (C=O) groups is 1. The number of unbranched alkanes of at least 4 members (excludes halogenated alkanes) is 56. The Kier molecular flexibility index (Phi) is 65.6. The molecule has 0 spiro atoms. The predicted octanol–water partition coefficient (Wildman–Crippen LogP) is 17.6. The van der Waals surface area contributed by atoms with E-state index in [1.54, 1.807) is 0 Å². The molecule has 0 radical (unpaired) electrons. The minimum absolute atomic E-state index is 0.233. The first kappa shape index (κ1) is 101. The highest BCUT2D eigenvalue weighted by molar-refractivity contribution is 5.76. The van der Waals surface area contributed by atoms with Gasteiger partial charge in [0.2, 0.25) is 5.91 Å². The molecule has 19 heteroatoms. The topological polar surface area (TPSA) is 307 Å². The second kappa shape index (κ2) is 70.5. The van der Waals surface area contributed by atoms with Crippen LogP contribution >= 0.6 is 0 Å². The molecule has 3 aliphatic heterocycles. The Balaban J connectivity index is 1.31. The lowest BCUT2D eigenvalue weighted by molar-refractivity contribution is -0.379. The molecule has 1 amide bonds. The highest BCUT2D eigenvalue weighted by atomic mass is 16.8. The Bertz CT molecular complexity index is 2060. The maximum atomic E-state index is 13.6. The van der Waals surface area contributed by atoms with Crippen LogP contribution in [-0.4, -0.2) is 193 Å². The first-order chi connectivity index (χ1) is 53.3. The Labute approximate surface area is 664 Å². The number of ether oxygens (including phenoxy) is 6. The Morgan fingerprint density at radius 3 is 0.936 bits per heavy atom. The van der Waals surface area contributed by atoms with Gasteiger partial charge in [-0.15, -0.1) is 0 Å². The number of hydrogen-bond acceptors (Lipinski definition) is 18. The summed E-state index contributed by atoms with van der Waals surface area (Å²) in [5, 5.41) is 121. The van der Waals surface area contributed by atoms with Crippen LogP contribution in [0.3, 0.4) is 0 Å². The molecule has 0 aromatic carbocycles. The molecular formula is C90H171NO18. The van der Waals surface area contributed by atoms with Crippen molar-refractivity contribution in [2.45, 2.75) is 516 Å². The molecule has 0 bridgehead atoms. The summed E-state index contributed by atoms with van der Waals surface area (Å²) in [5.41, 5.74) is 0. The number of nitrogens with one attached hydrogen (secondary N) is 1. The van der Waals surface area contributed by atoms with Crippen LogP contribution in [0.2, 0.25) is 0 Å². The normalized spacial score (nSPS) is 25.3. The van der Waals surface area contributed by atoms with Gasteiger partial charge in [-0.25, -0.2) is 0 Å². The van der Waals surface area contributed by atoms with Crippen molar-refractivity contribution in [3.63, 3.8) is 0 Å². The molecular weight excluding hydrogens is 1380 g/mol. The second-order valence-corrected chi connectivity index (χ2v) is 33.1. The van der Waals surface area contributed by atoms with Crippen LogP contribution in [0, 0.1) is 0 Å². The molecule has 12 N–H and O–H groups in total. The van der Waals surface area contributed by atoms with Crippen molar-refractivity contribution in [1.29, 1.82) is 0 Å². The van der Waals surface area contributed by atoms with E-state index < -0.39 is 124 Å². The van der Waals surface area contributed by atoms with Crippen LogP contribution in [0.5, 0.6) is 0 Å². The van der Waals surface area contributed by atoms with Crippen LogP contribution in [0.4, 0.5) is 0 Å². The van der Waals surface area contributed by atoms with Gasteiger partial charge in [0.1, 0.15) is 73.2 Å². The van der Waals surface area contributed by atoms with E-state index in [2.05, 4.69) is 43.5 Å². The van der Waals surface area contributed by atoms with Gasteiger partial charge in [-0.2, -0.15) is 0 Å². The summed E-state index contributed by atoms with van der Waals surface area (Å²) in [5.74, 6) is -0.233. The van der Waals surface area contributed by atoms with E-state index in [1.165, 1.54) is 327 Å². The van der Waals surface area contributed by atoms with Gasteiger partial charge >= 0.3 is 0 Å². The smallest absolute Gasteiger partial charge is 0.220 e. The van der Waals surface area contributed by atoms with E-state index in [4.69, 9.17) is 28.4 Å². The van der Waals surface area contributed by atoms with Gasteiger partial charge in [0.25, 0.3) is 0 Å². The molecule has 17 atom stereocenters. The lowest BCUT2D eigenvalue weighted by Gasteiger charge is -2.48. The molecule has 644 valence electrons. The molecule has 0 aromatic rings. The average Bonchev–Trinajstić information content (AvgIpc) is 0.782. The quantitative estimate of drug-likeness (QED) is 0.0199. The SMILES string of the molecule is CCCCCCC/C=C\C/C=C\CCCCCCCCCCCCCCCCCCCCCCCC(=O)NC(COC1OC(CO)C(OC2OC(CO)C(OC3OC(CO)C(O)C(O)C3O)C(O)C2O)C(O)C1O)C(O)CCCCCCCCCCCCCCCCCCCCCCCCCCCCCCCCC. The van der Waals surface area contributed by atoms with Gasteiger partial charge in [0.15, 0.2) is 18.9 Å². The monoisotopic (exact) mass is 1550 g/mol. The molecule has 19 nitrogen and oxygen atoms in total. The Hall–Kier alpha value is -1.73. The van der Waals surface area contributed by atoms with Crippen molar-refractivity contribution < 1.29 is 89.4 Å². The van der Waals surface area contributed by atoms with Crippen LogP contribution in [0.1, 0.15) is 412 Å². The number of aliphatic hydroxyl groups is 11. The van der Waals surface area contributed by atoms with Crippen LogP contribution in [0.15, 0.2) is 24.3 Å². The molecule has 3 fully saturated rings. The van der Waals surface area contributed by atoms with E-state index >= 15 is 0 Å². The Morgan fingerprint density at radius 1 is 0.330 bits per heavy atom. The maximum absolute atomic E-state index is 13.6. The molecule has 0 aliphatic carbocycles. The summed E-state index contributed by atoms with van der Waals surface area (Å²) in [4.78, 5) is 13.6. The zero-order valence-corrected chi connectivity index (χ0v) is 69.6. The highest BCUT2D eigenvalue weighted by Gasteiger charge is 2.54. The van der Waals surface area contributed by atoms with Crippen molar-refractivity contribution in [2.24, 2.45) is 0 Å². The van der Waals surface area contributed by atoms with E-state index in [0.29, 0.717) is 12.8 Å². The molecule has 3 aliphatic rings. The number of carbonyl (C=O) groups excluding carboxylic acids is 1. The second-order valence-electron chi connectivity index (χ2n) is 33.1. The fourth-order valence-electron chi connectivity index (χ4n) is 15.9. The third kappa shape index (κ3) is 49.2. The summed E-state index contributed by atoms with van der Waals surface area (Å²) in [6.45, 7) is 1.87. The van der Waals surface area contributed by atoms with Crippen molar-refractivity contribution >= 4 is 5.91 Å². The number of amides is 1. The minimum Gasteiger partial charge on any atom is -0.394 e. The number of rotatable bonds is 76. The van der Waals surface area contributed by atoms with E-state index in [-0.39, 0.29) is 18.9 Å². The average molecular weight is 1560 g/mol. The third-order valence-electron chi connectivity index (χ3n) is 23.3. The van der Waals surface area contributed by atoms with Gasteiger partial charge in [-0.05, 0) is 44.9 Å². The zero-order chi connectivity index (χ0) is 78.8. The maximum Gasteiger partial charge on any atom is 0.220 e. The van der Waals surface area contributed by atoms with Crippen molar-refractivity contribution in [2.75, 3.05) is 26.4 Å². The summed E-state index contributed by atoms with van der Waals surface area (Å²) >= 11 is 0. The summed E-state index contributed by atoms with van der Waals surface area (Å²) in [7, 11) is 0. The molecule has 17 unspecified atom stereocenters. The van der Waals surface area contributed by atoms with Gasteiger partial charge in [-0.1, -0.05) is 385 Å². The number of hydrogen-bond donors (Lipinski definition) is 12. The van der Waals surface area contributed by atoms with Crippen molar-refractivity contribution in [1.82, 2.24) is 5.32 Å². The van der Waals surface area contributed by atoms with E-state index in [1.807, 2.05) is 0 Å². The van der Waals surface area contributed by atoms with Crippen molar-refractivity contribution in [3.8, 4) is 0 Å². The van der Waals surface area contributed by atoms with E-state index in [0.717, 1.165) is 51.4 Å². The van der Waals surface area contributed by atoms with Crippen LogP contribution in [-0.2, 0) is 33.2 Å². The summed E-state index contributed by atoms with van der Waals surface area (Å²) in [6, 6.07) is -0.887. The van der Waals surface area contributed by atoms with Gasteiger partial charge in [-0.3, -0.25) is 4.79 Å². The molecule has 0 saturated carbocycles. The molecule has 109 heavy (non-hydrogen) atoms. The van der Waals surface area contributed by atoms with Crippen LogP contribution < -0.4 is 5.32 Å². The fraction of sp³-hybridized carbons (Fsp3) is 0.944. The lowest BCUT2D eigenvalue weighted by Crippen LogP contribution is -2.66. The molecule has 3 rings (SSSR count).